The predicted octanol–water partition coefficient (Wildman–Crippen LogP) is 4.14. The summed E-state index contributed by atoms with van der Waals surface area (Å²) in [6, 6.07) is 14.3. The smallest absolute Gasteiger partial charge is 0.313 e. The number of hydrogen-bond acceptors (Lipinski definition) is 4. The summed E-state index contributed by atoms with van der Waals surface area (Å²) in [5, 5.41) is 13.0. The molecule has 2 aromatic carbocycles. The number of fused-ring (bicyclic) bond motifs is 1. The predicted molar refractivity (Wildman–Crippen MR) is 83.4 cm³/mol. The van der Waals surface area contributed by atoms with E-state index in [9.17, 15) is 4.79 Å². The Labute approximate surface area is 124 Å². The summed E-state index contributed by atoms with van der Waals surface area (Å²) in [5.74, 6) is -0.778. The number of carboxylic acids is 1. The highest BCUT2D eigenvalue weighted by molar-refractivity contribution is 8.01. The van der Waals surface area contributed by atoms with E-state index in [1.807, 2.05) is 29.6 Å². The molecule has 3 rings (SSSR count). The van der Waals surface area contributed by atoms with Crippen LogP contribution in [0.25, 0.3) is 22.0 Å². The fraction of sp³-hybridized carbons (Fsp3) is 0.0667. The van der Waals surface area contributed by atoms with Gasteiger partial charge in [0.05, 0.1) is 11.4 Å². The van der Waals surface area contributed by atoms with Gasteiger partial charge in [-0.15, -0.1) is 11.3 Å². The third kappa shape index (κ3) is 2.69. The van der Waals surface area contributed by atoms with Crippen molar-refractivity contribution in [2.24, 2.45) is 0 Å². The molecule has 5 heteroatoms. The van der Waals surface area contributed by atoms with Crippen LogP contribution in [0.2, 0.25) is 0 Å². The minimum atomic E-state index is -0.822. The molecule has 20 heavy (non-hydrogen) atoms. The molecule has 0 aliphatic carbocycles. The Bertz CT molecular complexity index is 762. The molecule has 0 aliphatic heterocycles. The van der Waals surface area contributed by atoms with Crippen LogP contribution in [0.3, 0.4) is 0 Å². The van der Waals surface area contributed by atoms with Crippen molar-refractivity contribution in [2.75, 3.05) is 5.75 Å². The quantitative estimate of drug-likeness (QED) is 0.736. The number of thiazole rings is 1. The van der Waals surface area contributed by atoms with E-state index in [-0.39, 0.29) is 5.75 Å². The van der Waals surface area contributed by atoms with Gasteiger partial charge in [-0.25, -0.2) is 4.98 Å². The highest BCUT2D eigenvalue weighted by Crippen LogP contribution is 2.32. The van der Waals surface area contributed by atoms with Gasteiger partial charge < -0.3 is 5.11 Å². The number of nitrogens with zero attached hydrogens (tertiary/aromatic N) is 1. The molecule has 0 fully saturated rings. The largest absolute Gasteiger partial charge is 0.481 e. The van der Waals surface area contributed by atoms with E-state index in [2.05, 4.69) is 23.2 Å². The Hall–Kier alpha value is -1.85. The molecule has 0 bridgehead atoms. The summed E-state index contributed by atoms with van der Waals surface area (Å²) in [4.78, 5) is 15.1. The fourth-order valence-electron chi connectivity index (χ4n) is 2.02. The molecule has 0 amide bonds. The van der Waals surface area contributed by atoms with Crippen LogP contribution in [0.1, 0.15) is 0 Å². The van der Waals surface area contributed by atoms with Gasteiger partial charge in [0.1, 0.15) is 0 Å². The van der Waals surface area contributed by atoms with Crippen molar-refractivity contribution in [2.45, 2.75) is 4.34 Å². The minimum Gasteiger partial charge on any atom is -0.481 e. The maximum Gasteiger partial charge on any atom is 0.313 e. The first-order valence-electron chi connectivity index (χ1n) is 6.02. The second-order valence-electron chi connectivity index (χ2n) is 4.21. The molecule has 0 radical (unpaired) electrons. The number of carboxylic acid groups (broad SMARTS) is 1. The van der Waals surface area contributed by atoms with Gasteiger partial charge in [0, 0.05) is 10.9 Å². The van der Waals surface area contributed by atoms with Gasteiger partial charge in [0.2, 0.25) is 0 Å². The van der Waals surface area contributed by atoms with E-state index >= 15 is 0 Å². The average molecular weight is 301 g/mol. The molecule has 0 saturated carbocycles. The lowest BCUT2D eigenvalue weighted by Gasteiger charge is -2.03. The van der Waals surface area contributed by atoms with Gasteiger partial charge in [0.25, 0.3) is 0 Å². The maximum absolute atomic E-state index is 10.6. The lowest BCUT2D eigenvalue weighted by Crippen LogP contribution is -1.96. The third-order valence-corrected chi connectivity index (χ3v) is 4.87. The SMILES string of the molecule is O=C(O)CSc1nc(-c2cccc3ccccc23)cs1. The van der Waals surface area contributed by atoms with Crippen molar-refractivity contribution < 1.29 is 9.90 Å². The number of hydrogen-bond donors (Lipinski definition) is 1. The first-order chi connectivity index (χ1) is 9.74. The molecule has 3 nitrogen and oxygen atoms in total. The van der Waals surface area contributed by atoms with Crippen molar-refractivity contribution in [3.8, 4) is 11.3 Å². The summed E-state index contributed by atoms with van der Waals surface area (Å²) in [5.41, 5.74) is 1.99. The van der Waals surface area contributed by atoms with Gasteiger partial charge in [-0.3, -0.25) is 4.79 Å². The summed E-state index contributed by atoms with van der Waals surface area (Å²) < 4.78 is 0.787. The number of benzene rings is 2. The lowest BCUT2D eigenvalue weighted by molar-refractivity contribution is -0.133. The van der Waals surface area contributed by atoms with E-state index in [1.54, 1.807) is 0 Å². The van der Waals surface area contributed by atoms with Crippen LogP contribution in [-0.2, 0) is 4.79 Å². The van der Waals surface area contributed by atoms with Gasteiger partial charge in [-0.1, -0.05) is 54.2 Å². The van der Waals surface area contributed by atoms with Crippen LogP contribution >= 0.6 is 23.1 Å². The van der Waals surface area contributed by atoms with Crippen LogP contribution in [0, 0.1) is 0 Å². The van der Waals surface area contributed by atoms with Crippen LogP contribution in [-0.4, -0.2) is 21.8 Å². The molecular weight excluding hydrogens is 290 g/mol. The van der Waals surface area contributed by atoms with Crippen LogP contribution < -0.4 is 0 Å². The number of aliphatic carboxylic acids is 1. The molecule has 0 saturated heterocycles. The van der Waals surface area contributed by atoms with Crippen molar-refractivity contribution in [1.29, 1.82) is 0 Å². The topological polar surface area (TPSA) is 50.2 Å². The molecule has 0 aliphatic rings. The Balaban J connectivity index is 1.97. The zero-order valence-corrected chi connectivity index (χ0v) is 12.1. The summed E-state index contributed by atoms with van der Waals surface area (Å²) >= 11 is 2.74. The first kappa shape index (κ1) is 13.1. The molecule has 100 valence electrons. The van der Waals surface area contributed by atoms with E-state index in [0.29, 0.717) is 0 Å². The molecule has 0 spiro atoms. The van der Waals surface area contributed by atoms with E-state index < -0.39 is 5.97 Å². The Morgan fingerprint density at radius 1 is 1.20 bits per heavy atom. The van der Waals surface area contributed by atoms with Crippen molar-refractivity contribution >= 4 is 39.8 Å². The molecule has 1 N–H and O–H groups in total. The molecule has 0 atom stereocenters. The number of rotatable bonds is 4. The molecule has 0 unspecified atom stereocenters. The van der Waals surface area contributed by atoms with Crippen molar-refractivity contribution in [3.63, 3.8) is 0 Å². The minimum absolute atomic E-state index is 0.0441. The zero-order chi connectivity index (χ0) is 13.9. The average Bonchev–Trinajstić information content (AvgIpc) is 2.93. The second kappa shape index (κ2) is 5.64. The summed E-state index contributed by atoms with van der Waals surface area (Å²) in [6.45, 7) is 0. The Kier molecular flexibility index (Phi) is 3.71. The Morgan fingerprint density at radius 3 is 2.85 bits per heavy atom. The molecule has 1 aromatic heterocycles. The van der Waals surface area contributed by atoms with E-state index in [1.165, 1.54) is 28.5 Å². The summed E-state index contributed by atoms with van der Waals surface area (Å²) in [6.07, 6.45) is 0. The van der Waals surface area contributed by atoms with Gasteiger partial charge in [-0.05, 0) is 10.8 Å². The van der Waals surface area contributed by atoms with Crippen molar-refractivity contribution in [3.05, 3.63) is 47.8 Å². The highest BCUT2D eigenvalue weighted by atomic mass is 32.2. The third-order valence-electron chi connectivity index (χ3n) is 2.87. The maximum atomic E-state index is 10.6. The molecular formula is C15H11NO2S2. The van der Waals surface area contributed by atoms with E-state index in [0.717, 1.165) is 21.0 Å². The molecule has 3 aromatic rings. The molecule has 1 heterocycles. The van der Waals surface area contributed by atoms with Crippen LogP contribution in [0.5, 0.6) is 0 Å². The number of thioether (sulfide) groups is 1. The fourth-order valence-corrected chi connectivity index (χ4v) is 3.57. The van der Waals surface area contributed by atoms with Gasteiger partial charge in [0.15, 0.2) is 4.34 Å². The Morgan fingerprint density at radius 2 is 2.00 bits per heavy atom. The van der Waals surface area contributed by atoms with Crippen LogP contribution in [0.15, 0.2) is 52.2 Å². The lowest BCUT2D eigenvalue weighted by atomic mass is 10.0. The van der Waals surface area contributed by atoms with E-state index in [4.69, 9.17) is 5.11 Å². The summed E-state index contributed by atoms with van der Waals surface area (Å²) in [7, 11) is 0. The monoisotopic (exact) mass is 301 g/mol. The van der Waals surface area contributed by atoms with Gasteiger partial charge >= 0.3 is 5.97 Å². The normalized spacial score (nSPS) is 10.8. The first-order valence-corrected chi connectivity index (χ1v) is 7.89. The highest BCUT2D eigenvalue weighted by Gasteiger charge is 2.09. The second-order valence-corrected chi connectivity index (χ2v) is 6.29. The van der Waals surface area contributed by atoms with Crippen LogP contribution in [0.4, 0.5) is 0 Å². The zero-order valence-electron chi connectivity index (χ0n) is 10.4. The number of carbonyl (C=O) groups is 1. The van der Waals surface area contributed by atoms with Crippen molar-refractivity contribution in [1.82, 2.24) is 4.98 Å². The van der Waals surface area contributed by atoms with Gasteiger partial charge in [-0.2, -0.15) is 0 Å². The number of aromatic nitrogens is 1. The standard InChI is InChI=1S/C15H11NO2S2/c17-14(18)9-20-15-16-13(8-19-15)12-7-3-5-10-4-1-2-6-11(10)12/h1-8H,9H2,(H,17,18).